The third kappa shape index (κ3) is 5.00. The van der Waals surface area contributed by atoms with E-state index in [4.69, 9.17) is 4.74 Å². The first-order valence-corrected chi connectivity index (χ1v) is 14.1. The minimum absolute atomic E-state index is 0.187. The third-order valence-corrected chi connectivity index (χ3v) is 7.88. The predicted octanol–water partition coefficient (Wildman–Crippen LogP) is 8.01. The maximum Gasteiger partial charge on any atom is 0.345 e. The molecular formula is C33H17F4O5S-. The van der Waals surface area contributed by atoms with E-state index in [1.54, 1.807) is 42.5 Å². The van der Waals surface area contributed by atoms with Gasteiger partial charge in [0, 0.05) is 0 Å². The van der Waals surface area contributed by atoms with Crippen LogP contribution in [-0.2, 0) is 10.1 Å². The lowest BCUT2D eigenvalue weighted by atomic mass is 9.90. The molecule has 0 amide bonds. The molecule has 0 atom stereocenters. The molecule has 6 aromatic rings. The summed E-state index contributed by atoms with van der Waals surface area (Å²) in [6, 6.07) is 30.3. The van der Waals surface area contributed by atoms with Gasteiger partial charge in [-0.05, 0) is 55.9 Å². The Bertz CT molecular complexity index is 2090. The Hall–Kier alpha value is -5.06. The Morgan fingerprint density at radius 1 is 0.581 bits per heavy atom. The van der Waals surface area contributed by atoms with Crippen LogP contribution in [0, 0.1) is 23.3 Å². The molecule has 214 valence electrons. The van der Waals surface area contributed by atoms with Crippen LogP contribution in [0.3, 0.4) is 0 Å². The van der Waals surface area contributed by atoms with Crippen molar-refractivity contribution in [2.75, 3.05) is 0 Å². The number of ether oxygens (including phenoxy) is 1. The van der Waals surface area contributed by atoms with Crippen molar-refractivity contribution in [2.45, 2.75) is 4.90 Å². The summed E-state index contributed by atoms with van der Waals surface area (Å²) in [6.45, 7) is 0. The van der Waals surface area contributed by atoms with Gasteiger partial charge in [0.15, 0.2) is 11.6 Å². The molecule has 0 saturated heterocycles. The van der Waals surface area contributed by atoms with E-state index in [1.165, 1.54) is 0 Å². The van der Waals surface area contributed by atoms with Gasteiger partial charge in [-0.1, -0.05) is 91.0 Å². The highest BCUT2D eigenvalue weighted by Crippen LogP contribution is 2.38. The van der Waals surface area contributed by atoms with Crippen LogP contribution in [0.2, 0.25) is 0 Å². The van der Waals surface area contributed by atoms with Gasteiger partial charge in [-0.2, -0.15) is 8.78 Å². The Labute approximate surface area is 242 Å². The molecule has 0 heterocycles. The zero-order chi connectivity index (χ0) is 30.5. The number of esters is 1. The second-order valence-electron chi connectivity index (χ2n) is 9.61. The van der Waals surface area contributed by atoms with Crippen LogP contribution < -0.4 is 4.74 Å². The zero-order valence-corrected chi connectivity index (χ0v) is 22.6. The van der Waals surface area contributed by atoms with Gasteiger partial charge in [0.2, 0.25) is 17.4 Å². The summed E-state index contributed by atoms with van der Waals surface area (Å²) in [5.74, 6) is -12.9. The fourth-order valence-electron chi connectivity index (χ4n) is 5.01. The summed E-state index contributed by atoms with van der Waals surface area (Å²) in [7, 11) is -5.95. The van der Waals surface area contributed by atoms with Crippen LogP contribution in [0.25, 0.3) is 43.8 Å². The second kappa shape index (κ2) is 10.6. The smallest absolute Gasteiger partial charge is 0.345 e. The Morgan fingerprint density at radius 2 is 1.02 bits per heavy atom. The van der Waals surface area contributed by atoms with Crippen molar-refractivity contribution < 1.29 is 40.1 Å². The molecule has 0 aliphatic rings. The van der Waals surface area contributed by atoms with Gasteiger partial charge in [0.1, 0.15) is 15.0 Å². The largest absolute Gasteiger partial charge is 0.744 e. The molecule has 0 bridgehead atoms. The Morgan fingerprint density at radius 3 is 1.47 bits per heavy atom. The lowest BCUT2D eigenvalue weighted by molar-refractivity contribution is 0.0718. The van der Waals surface area contributed by atoms with Crippen molar-refractivity contribution in [1.82, 2.24) is 0 Å². The Balaban J connectivity index is 1.57. The maximum atomic E-state index is 14.8. The summed E-state index contributed by atoms with van der Waals surface area (Å²) in [4.78, 5) is 11.4. The zero-order valence-electron chi connectivity index (χ0n) is 21.8. The maximum absolute atomic E-state index is 14.8. The van der Waals surface area contributed by atoms with E-state index in [1.807, 2.05) is 60.7 Å². The highest BCUT2D eigenvalue weighted by atomic mass is 32.2. The van der Waals surface area contributed by atoms with Gasteiger partial charge < -0.3 is 9.29 Å². The first-order chi connectivity index (χ1) is 20.5. The number of halogens is 4. The lowest BCUT2D eigenvalue weighted by Gasteiger charge is -2.17. The van der Waals surface area contributed by atoms with E-state index in [-0.39, 0.29) is 16.7 Å². The lowest BCUT2D eigenvalue weighted by Crippen LogP contribution is -2.17. The summed E-state index contributed by atoms with van der Waals surface area (Å²) >= 11 is 0. The number of hydrogen-bond donors (Lipinski definition) is 0. The molecular weight excluding hydrogens is 584 g/mol. The van der Waals surface area contributed by atoms with Gasteiger partial charge in [-0.15, -0.1) is 0 Å². The van der Waals surface area contributed by atoms with Crippen LogP contribution >= 0.6 is 0 Å². The molecule has 10 heteroatoms. The van der Waals surface area contributed by atoms with Crippen molar-refractivity contribution in [1.29, 1.82) is 0 Å². The highest BCUT2D eigenvalue weighted by Gasteiger charge is 2.32. The molecule has 6 rings (SSSR count). The summed E-state index contributed by atoms with van der Waals surface area (Å²) in [5, 5.41) is 3.46. The van der Waals surface area contributed by atoms with Crippen molar-refractivity contribution in [3.8, 4) is 28.0 Å². The fraction of sp³-hybridized carbons (Fsp3) is 0. The van der Waals surface area contributed by atoms with Gasteiger partial charge in [-0.25, -0.2) is 22.0 Å². The first kappa shape index (κ1) is 28.1. The number of carbonyl (C=O) groups is 1. The average molecular weight is 602 g/mol. The molecule has 0 spiro atoms. The van der Waals surface area contributed by atoms with Crippen molar-refractivity contribution in [3.05, 3.63) is 132 Å². The average Bonchev–Trinajstić information content (AvgIpc) is 3.00. The normalized spacial score (nSPS) is 11.7. The van der Waals surface area contributed by atoms with E-state index in [9.17, 15) is 35.3 Å². The molecule has 0 fully saturated rings. The number of fused-ring (bicyclic) bond motifs is 2. The second-order valence-corrected chi connectivity index (χ2v) is 10.9. The molecule has 5 nitrogen and oxygen atoms in total. The van der Waals surface area contributed by atoms with Gasteiger partial charge in [-0.3, -0.25) is 0 Å². The number of carbonyl (C=O) groups excluding carboxylic acids is 1. The van der Waals surface area contributed by atoms with E-state index >= 15 is 0 Å². The first-order valence-electron chi connectivity index (χ1n) is 12.7. The molecule has 0 aliphatic carbocycles. The monoisotopic (exact) mass is 601 g/mol. The molecule has 6 aromatic carbocycles. The molecule has 0 saturated carbocycles. The molecule has 0 unspecified atom stereocenters. The molecule has 0 N–H and O–H groups in total. The molecule has 43 heavy (non-hydrogen) atoms. The van der Waals surface area contributed by atoms with Gasteiger partial charge >= 0.3 is 5.97 Å². The standard InChI is InChI=1S/C33H18F4O5S/c34-27-29(36)32(43(39,40)41)30(37)28(35)31(27)42-33(38)26-24(22-14-12-18-6-1-3-8-20(18)16-22)10-5-11-25(26)23-15-13-19-7-2-4-9-21(19)17-23/h1-17H,(H,39,40,41)/p-1. The van der Waals surface area contributed by atoms with Crippen LogP contribution in [-0.4, -0.2) is 18.9 Å². The number of hydrogen-bond acceptors (Lipinski definition) is 5. The summed E-state index contributed by atoms with van der Waals surface area (Å²) in [6.07, 6.45) is 0. The van der Waals surface area contributed by atoms with E-state index in [2.05, 4.69) is 0 Å². The summed E-state index contributed by atoms with van der Waals surface area (Å²) < 4.78 is 97.3. The van der Waals surface area contributed by atoms with Crippen molar-refractivity contribution in [2.24, 2.45) is 0 Å². The van der Waals surface area contributed by atoms with E-state index < -0.39 is 50.0 Å². The fourth-order valence-corrected chi connectivity index (χ4v) is 5.63. The quantitative estimate of drug-likeness (QED) is 0.0657. The van der Waals surface area contributed by atoms with Crippen molar-refractivity contribution in [3.63, 3.8) is 0 Å². The van der Waals surface area contributed by atoms with Crippen molar-refractivity contribution >= 4 is 37.6 Å². The molecule has 0 aromatic heterocycles. The van der Waals surface area contributed by atoms with Gasteiger partial charge in [0.25, 0.3) is 0 Å². The SMILES string of the molecule is O=C(Oc1c(F)c(F)c(S(=O)(=O)[O-])c(F)c1F)c1c(-c2ccc3ccccc3c2)cccc1-c1ccc2ccccc2c1. The molecule has 0 aliphatic heterocycles. The van der Waals surface area contributed by atoms with Gasteiger partial charge in [0.05, 0.1) is 5.56 Å². The Kier molecular flexibility index (Phi) is 6.95. The van der Waals surface area contributed by atoms with Crippen LogP contribution in [0.15, 0.2) is 108 Å². The summed E-state index contributed by atoms with van der Waals surface area (Å²) in [5.41, 5.74) is 1.43. The topological polar surface area (TPSA) is 83.5 Å². The predicted molar refractivity (Wildman–Crippen MR) is 152 cm³/mol. The van der Waals surface area contributed by atoms with Crippen LogP contribution in [0.5, 0.6) is 5.75 Å². The highest BCUT2D eigenvalue weighted by molar-refractivity contribution is 7.85. The van der Waals surface area contributed by atoms with E-state index in [0.29, 0.717) is 11.1 Å². The number of rotatable bonds is 5. The van der Waals surface area contributed by atoms with Crippen LogP contribution in [0.1, 0.15) is 10.4 Å². The molecule has 0 radical (unpaired) electrons. The third-order valence-electron chi connectivity index (χ3n) is 7.02. The van der Waals surface area contributed by atoms with Crippen LogP contribution in [0.4, 0.5) is 17.6 Å². The minimum Gasteiger partial charge on any atom is -0.744 e. The minimum atomic E-state index is -5.95. The number of benzene rings is 6. The van der Waals surface area contributed by atoms with E-state index in [0.717, 1.165) is 21.5 Å².